The Balaban J connectivity index is 2.00. The first-order valence-corrected chi connectivity index (χ1v) is 11.9. The lowest BCUT2D eigenvalue weighted by Gasteiger charge is -2.28. The Morgan fingerprint density at radius 1 is 1.24 bits per heavy atom. The average Bonchev–Trinajstić information content (AvgIpc) is 3.39. The van der Waals surface area contributed by atoms with Gasteiger partial charge in [0.25, 0.3) is 5.91 Å². The molecular weight excluding hydrogens is 440 g/mol. The van der Waals surface area contributed by atoms with E-state index >= 15 is 0 Å². The molecule has 0 saturated heterocycles. The van der Waals surface area contributed by atoms with Crippen molar-refractivity contribution in [3.63, 3.8) is 0 Å². The number of thiophene rings is 1. The van der Waals surface area contributed by atoms with E-state index in [1.165, 1.54) is 11.3 Å². The third-order valence-electron chi connectivity index (χ3n) is 5.54. The molecule has 1 atom stereocenters. The van der Waals surface area contributed by atoms with Gasteiger partial charge in [-0.1, -0.05) is 26.0 Å². The molecule has 0 fully saturated rings. The van der Waals surface area contributed by atoms with Crippen molar-refractivity contribution in [3.8, 4) is 11.5 Å². The summed E-state index contributed by atoms with van der Waals surface area (Å²) in [6, 6.07) is 8.16. The van der Waals surface area contributed by atoms with Gasteiger partial charge in [0.2, 0.25) is 5.78 Å². The van der Waals surface area contributed by atoms with Crippen molar-refractivity contribution in [1.29, 1.82) is 0 Å². The van der Waals surface area contributed by atoms with Gasteiger partial charge >= 0.3 is 0 Å². The highest BCUT2D eigenvalue weighted by Crippen LogP contribution is 2.42. The van der Waals surface area contributed by atoms with E-state index in [1.54, 1.807) is 41.7 Å². The molecule has 2 heterocycles. The fourth-order valence-electron chi connectivity index (χ4n) is 3.69. The number of amides is 1. The third kappa shape index (κ3) is 5.57. The van der Waals surface area contributed by atoms with Crippen LogP contribution in [0.2, 0.25) is 0 Å². The molecule has 0 spiro atoms. The van der Waals surface area contributed by atoms with E-state index in [4.69, 9.17) is 9.47 Å². The normalized spacial score (nSPS) is 16.3. The standard InChI is InChI=1S/C25H32N2O5S/c1-16(2)10-13-32-18-9-8-17(15-19(18)31-5)22-21(23(28)20-7-6-14-33-20)24(29)25(30)27(22)12-11-26(3)4/h6-9,14-16,22,29H,10-13H2,1-5H3. The Bertz CT molecular complexity index is 1010. The summed E-state index contributed by atoms with van der Waals surface area (Å²) in [6.45, 7) is 5.77. The van der Waals surface area contributed by atoms with Crippen LogP contribution in [0.1, 0.15) is 41.5 Å². The second-order valence-electron chi connectivity index (χ2n) is 8.71. The molecule has 0 radical (unpaired) electrons. The summed E-state index contributed by atoms with van der Waals surface area (Å²) in [4.78, 5) is 30.3. The molecule has 3 rings (SSSR count). The fraction of sp³-hybridized carbons (Fsp3) is 0.440. The van der Waals surface area contributed by atoms with E-state index in [0.717, 1.165) is 6.42 Å². The van der Waals surface area contributed by atoms with Gasteiger partial charge in [0.05, 0.1) is 30.2 Å². The van der Waals surface area contributed by atoms with Gasteiger partial charge < -0.3 is 24.4 Å². The van der Waals surface area contributed by atoms with Crippen molar-refractivity contribution < 1.29 is 24.2 Å². The predicted octanol–water partition coefficient (Wildman–Crippen LogP) is 4.32. The maximum absolute atomic E-state index is 13.3. The summed E-state index contributed by atoms with van der Waals surface area (Å²) in [5, 5.41) is 12.5. The van der Waals surface area contributed by atoms with E-state index < -0.39 is 17.7 Å². The van der Waals surface area contributed by atoms with Crippen LogP contribution < -0.4 is 9.47 Å². The smallest absolute Gasteiger partial charge is 0.290 e. The second-order valence-corrected chi connectivity index (χ2v) is 9.66. The first-order chi connectivity index (χ1) is 15.7. The maximum atomic E-state index is 13.3. The van der Waals surface area contributed by atoms with Gasteiger partial charge in [-0.3, -0.25) is 9.59 Å². The number of benzene rings is 1. The number of carbonyl (C=O) groups is 2. The molecule has 1 aromatic carbocycles. The lowest BCUT2D eigenvalue weighted by molar-refractivity contribution is -0.129. The summed E-state index contributed by atoms with van der Waals surface area (Å²) in [6.07, 6.45) is 0.913. The predicted molar refractivity (Wildman–Crippen MR) is 129 cm³/mol. The van der Waals surface area contributed by atoms with E-state index in [0.29, 0.717) is 47.6 Å². The fourth-order valence-corrected chi connectivity index (χ4v) is 4.37. The molecule has 178 valence electrons. The number of likely N-dealkylation sites (N-methyl/N-ethyl adjacent to an activating group) is 1. The van der Waals surface area contributed by atoms with E-state index in [-0.39, 0.29) is 11.4 Å². The molecule has 1 amide bonds. The number of carbonyl (C=O) groups excluding carboxylic acids is 2. The number of ether oxygens (including phenoxy) is 2. The minimum absolute atomic E-state index is 0.0942. The summed E-state index contributed by atoms with van der Waals surface area (Å²) in [5.74, 6) is 0.260. The number of nitrogens with zero attached hydrogens (tertiary/aromatic N) is 2. The van der Waals surface area contributed by atoms with Gasteiger partial charge in [-0.15, -0.1) is 11.3 Å². The lowest BCUT2D eigenvalue weighted by Crippen LogP contribution is -2.36. The number of Topliss-reactive ketones (excluding diaryl/α,β-unsaturated/α-hetero) is 1. The Kier molecular flexibility index (Phi) is 8.15. The number of ketones is 1. The van der Waals surface area contributed by atoms with Crippen LogP contribution in [-0.4, -0.2) is 67.5 Å². The van der Waals surface area contributed by atoms with E-state index in [9.17, 15) is 14.7 Å². The summed E-state index contributed by atoms with van der Waals surface area (Å²) < 4.78 is 11.5. The van der Waals surface area contributed by atoms with Crippen LogP contribution in [0.5, 0.6) is 11.5 Å². The maximum Gasteiger partial charge on any atom is 0.290 e. The number of aliphatic hydroxyl groups excluding tert-OH is 1. The summed E-state index contributed by atoms with van der Waals surface area (Å²) >= 11 is 1.28. The molecular formula is C25H32N2O5S. The minimum atomic E-state index is -0.717. The second kappa shape index (κ2) is 10.9. The van der Waals surface area contributed by atoms with Crippen LogP contribution in [0.25, 0.3) is 0 Å². The number of rotatable bonds is 11. The van der Waals surface area contributed by atoms with Crippen LogP contribution in [-0.2, 0) is 4.79 Å². The zero-order valence-electron chi connectivity index (χ0n) is 19.8. The quantitative estimate of drug-likeness (QED) is 0.491. The molecule has 1 unspecified atom stereocenters. The molecule has 1 N–H and O–H groups in total. The molecule has 2 aromatic rings. The molecule has 1 aliphatic rings. The molecule has 0 saturated carbocycles. The van der Waals surface area contributed by atoms with E-state index in [1.807, 2.05) is 25.1 Å². The van der Waals surface area contributed by atoms with Gasteiger partial charge in [0.1, 0.15) is 0 Å². The Morgan fingerprint density at radius 2 is 2.00 bits per heavy atom. The monoisotopic (exact) mass is 472 g/mol. The van der Waals surface area contributed by atoms with Gasteiger partial charge in [-0.05, 0) is 55.6 Å². The molecule has 1 aliphatic heterocycles. The summed E-state index contributed by atoms with van der Waals surface area (Å²) in [7, 11) is 5.38. The van der Waals surface area contributed by atoms with Gasteiger partial charge in [-0.2, -0.15) is 0 Å². The van der Waals surface area contributed by atoms with Gasteiger partial charge in [0.15, 0.2) is 17.3 Å². The summed E-state index contributed by atoms with van der Waals surface area (Å²) in [5.41, 5.74) is 0.774. The van der Waals surface area contributed by atoms with Crippen molar-refractivity contribution in [2.45, 2.75) is 26.3 Å². The minimum Gasteiger partial charge on any atom is -0.503 e. The van der Waals surface area contributed by atoms with Crippen LogP contribution in [0, 0.1) is 5.92 Å². The molecule has 0 aliphatic carbocycles. The zero-order valence-corrected chi connectivity index (χ0v) is 20.6. The SMILES string of the molecule is COc1cc(C2C(C(=O)c3cccs3)=C(O)C(=O)N2CCN(C)C)ccc1OCCC(C)C. The van der Waals surface area contributed by atoms with Crippen molar-refractivity contribution in [1.82, 2.24) is 9.80 Å². The number of aliphatic hydroxyl groups is 1. The number of methoxy groups -OCH3 is 1. The largest absolute Gasteiger partial charge is 0.503 e. The van der Waals surface area contributed by atoms with Crippen LogP contribution in [0.3, 0.4) is 0 Å². The van der Waals surface area contributed by atoms with Crippen LogP contribution in [0.15, 0.2) is 47.0 Å². The van der Waals surface area contributed by atoms with Crippen molar-refractivity contribution >= 4 is 23.0 Å². The molecule has 7 nitrogen and oxygen atoms in total. The van der Waals surface area contributed by atoms with Gasteiger partial charge in [0, 0.05) is 13.1 Å². The molecule has 33 heavy (non-hydrogen) atoms. The van der Waals surface area contributed by atoms with Crippen molar-refractivity contribution in [3.05, 3.63) is 57.5 Å². The van der Waals surface area contributed by atoms with Gasteiger partial charge in [-0.25, -0.2) is 0 Å². The van der Waals surface area contributed by atoms with Crippen LogP contribution >= 0.6 is 11.3 Å². The van der Waals surface area contributed by atoms with Crippen molar-refractivity contribution in [2.75, 3.05) is 40.9 Å². The first kappa shape index (κ1) is 24.8. The zero-order chi connectivity index (χ0) is 24.1. The molecule has 1 aromatic heterocycles. The van der Waals surface area contributed by atoms with Crippen molar-refractivity contribution in [2.24, 2.45) is 5.92 Å². The first-order valence-electron chi connectivity index (χ1n) is 11.0. The Morgan fingerprint density at radius 3 is 2.61 bits per heavy atom. The lowest BCUT2D eigenvalue weighted by atomic mass is 9.95. The average molecular weight is 473 g/mol. The highest BCUT2D eigenvalue weighted by Gasteiger charge is 2.44. The highest BCUT2D eigenvalue weighted by molar-refractivity contribution is 7.12. The van der Waals surface area contributed by atoms with E-state index in [2.05, 4.69) is 13.8 Å². The Labute approximate surface area is 199 Å². The number of hydrogen-bond acceptors (Lipinski definition) is 7. The molecule has 0 bridgehead atoms. The van der Waals surface area contributed by atoms with Crippen LogP contribution in [0.4, 0.5) is 0 Å². The third-order valence-corrected chi connectivity index (χ3v) is 6.41. The highest BCUT2D eigenvalue weighted by atomic mass is 32.1. The molecule has 8 heteroatoms. The number of hydrogen-bond donors (Lipinski definition) is 1. The topological polar surface area (TPSA) is 79.3 Å². The Hall–Kier alpha value is -2.84.